The lowest BCUT2D eigenvalue weighted by molar-refractivity contribution is -0.383. The molecule has 0 saturated carbocycles. The minimum atomic E-state index is -1.49. The zero-order valence-electron chi connectivity index (χ0n) is 15.5. The van der Waals surface area contributed by atoms with Crippen molar-refractivity contribution in [1.29, 1.82) is 0 Å². The van der Waals surface area contributed by atoms with Crippen LogP contribution in [0.15, 0.2) is 36.9 Å². The van der Waals surface area contributed by atoms with E-state index in [2.05, 4.69) is 30.4 Å². The molecule has 5 aromatic rings. The maximum Gasteiger partial charge on any atom is 0.322 e. The summed E-state index contributed by atoms with van der Waals surface area (Å²) in [6, 6.07) is 2.38. The van der Waals surface area contributed by atoms with Gasteiger partial charge in [0.15, 0.2) is 17.0 Å². The highest BCUT2D eigenvalue weighted by molar-refractivity contribution is 5.86. The fraction of sp³-hybridized carbons (Fsp3) is 0. The molecule has 0 saturated heterocycles. The van der Waals surface area contributed by atoms with Crippen LogP contribution < -0.4 is 10.2 Å². The van der Waals surface area contributed by atoms with Gasteiger partial charge in [-0.1, -0.05) is 0 Å². The smallest absolute Gasteiger partial charge is 0.322 e. The molecule has 0 aliphatic rings. The number of aromatic carboxylic acids is 2. The number of carbonyl (C=O) groups excluding carboxylic acids is 2. The predicted octanol–water partition coefficient (Wildman–Crippen LogP) is -1.54. The number of hydrogen-bond acceptors (Lipinski definition) is 11. The lowest BCUT2D eigenvalue weighted by Gasteiger charge is -2.01. The number of carboxylic acid groups (broad SMARTS) is 2. The van der Waals surface area contributed by atoms with Gasteiger partial charge >= 0.3 is 5.69 Å². The van der Waals surface area contributed by atoms with E-state index < -0.39 is 22.5 Å². The third kappa shape index (κ3) is 2.88. The van der Waals surface area contributed by atoms with Gasteiger partial charge in [-0.25, -0.2) is 19.0 Å². The molecule has 0 unspecified atom stereocenters. The predicted molar refractivity (Wildman–Crippen MR) is 97.9 cm³/mol. The molecule has 15 heteroatoms. The van der Waals surface area contributed by atoms with Crippen molar-refractivity contribution >= 4 is 28.9 Å². The van der Waals surface area contributed by atoms with Crippen LogP contribution in [0, 0.1) is 10.1 Å². The summed E-state index contributed by atoms with van der Waals surface area (Å²) in [4.78, 5) is 41.3. The lowest BCUT2D eigenvalue weighted by atomic mass is 10.1. The maximum absolute atomic E-state index is 11.9. The number of carbonyl (C=O) groups is 2. The Balaban J connectivity index is 1.63. The van der Waals surface area contributed by atoms with Crippen LogP contribution >= 0.6 is 0 Å². The molecule has 0 spiro atoms. The van der Waals surface area contributed by atoms with Gasteiger partial charge in [-0.05, 0) is 0 Å². The molecule has 32 heavy (non-hydrogen) atoms. The molecule has 5 aromatic heterocycles. The lowest BCUT2D eigenvalue weighted by Crippen LogP contribution is -2.22. The van der Waals surface area contributed by atoms with Crippen LogP contribution in [0.25, 0.3) is 33.8 Å². The van der Waals surface area contributed by atoms with Crippen LogP contribution in [0.1, 0.15) is 21.0 Å². The van der Waals surface area contributed by atoms with Gasteiger partial charge in [0.2, 0.25) is 0 Å². The van der Waals surface area contributed by atoms with E-state index in [1.165, 1.54) is 36.9 Å². The Morgan fingerprint density at radius 3 is 1.97 bits per heavy atom. The number of carboxylic acids is 2. The number of nitrogens with one attached hydrogen (secondary N) is 1. The molecule has 0 aromatic carbocycles. The molecule has 0 radical (unpaired) electrons. The minimum absolute atomic E-state index is 0.0131. The highest BCUT2D eigenvalue weighted by Crippen LogP contribution is 2.36. The summed E-state index contributed by atoms with van der Waals surface area (Å²) >= 11 is 0. The average molecular weight is 433 g/mol. The first kappa shape index (κ1) is 18.8. The van der Waals surface area contributed by atoms with E-state index in [0.717, 1.165) is 9.03 Å². The van der Waals surface area contributed by atoms with Crippen molar-refractivity contribution in [3.8, 4) is 22.5 Å². The van der Waals surface area contributed by atoms with Crippen molar-refractivity contribution in [2.45, 2.75) is 0 Å². The largest absolute Gasteiger partial charge is 0.543 e. The van der Waals surface area contributed by atoms with E-state index >= 15 is 0 Å². The number of nitrogens with zero attached hydrogens (tertiary/aromatic N) is 8. The van der Waals surface area contributed by atoms with E-state index in [4.69, 9.17) is 0 Å². The molecule has 0 aliphatic heterocycles. The van der Waals surface area contributed by atoms with Crippen molar-refractivity contribution in [2.24, 2.45) is 0 Å². The summed E-state index contributed by atoms with van der Waals surface area (Å²) in [5.74, 6) is -2.98. The van der Waals surface area contributed by atoms with Crippen molar-refractivity contribution in [3.05, 3.63) is 58.4 Å². The topological polar surface area (TPSA) is 212 Å². The second kappa shape index (κ2) is 6.66. The third-order valence-corrected chi connectivity index (χ3v) is 4.53. The standard InChI is InChI=1S/C17H9N9O6/c27-16(28)9-1-11-18-3-7(5-24(11)22-9)13-15(26(31)32)14(21-20-13)8-4-19-12-2-10(17(29)30)23-25(12)6-8/h1-6H,(H,20,21)(H,27,28)(H,29,30)/p-2. The van der Waals surface area contributed by atoms with E-state index in [1.54, 1.807) is 0 Å². The Morgan fingerprint density at radius 2 is 1.44 bits per heavy atom. The molecule has 0 fully saturated rings. The highest BCUT2D eigenvalue weighted by atomic mass is 16.6. The van der Waals surface area contributed by atoms with Gasteiger partial charge in [0.1, 0.15) is 17.1 Å². The van der Waals surface area contributed by atoms with Gasteiger partial charge in [-0.15, -0.1) is 0 Å². The van der Waals surface area contributed by atoms with Crippen LogP contribution in [-0.4, -0.2) is 56.3 Å². The molecule has 1 N–H and O–H groups in total. The van der Waals surface area contributed by atoms with Crippen molar-refractivity contribution in [2.75, 3.05) is 0 Å². The Labute approximate surface area is 174 Å². The van der Waals surface area contributed by atoms with E-state index in [9.17, 15) is 29.9 Å². The number of aromatic amines is 1. The second-order valence-electron chi connectivity index (χ2n) is 6.48. The molecule has 0 aliphatic carbocycles. The first-order valence-corrected chi connectivity index (χ1v) is 8.69. The van der Waals surface area contributed by atoms with Gasteiger partial charge in [-0.2, -0.15) is 15.3 Å². The molecular formula is C17H7N9O6-2. The molecule has 0 atom stereocenters. The Morgan fingerprint density at radius 1 is 0.906 bits per heavy atom. The molecule has 0 bridgehead atoms. The van der Waals surface area contributed by atoms with Crippen molar-refractivity contribution in [3.63, 3.8) is 0 Å². The second-order valence-corrected chi connectivity index (χ2v) is 6.48. The maximum atomic E-state index is 11.9. The number of aromatic nitrogens is 8. The normalized spacial score (nSPS) is 11.2. The number of nitro groups is 1. The quantitative estimate of drug-likeness (QED) is 0.248. The van der Waals surface area contributed by atoms with Gasteiger partial charge in [0.05, 0.1) is 16.9 Å². The van der Waals surface area contributed by atoms with E-state index in [-0.39, 0.29) is 45.2 Å². The number of hydrogen-bond donors (Lipinski definition) is 1. The molecule has 158 valence electrons. The van der Waals surface area contributed by atoms with Gasteiger partial charge in [0.25, 0.3) is 0 Å². The molecular weight excluding hydrogens is 426 g/mol. The summed E-state index contributed by atoms with van der Waals surface area (Å²) < 4.78 is 2.28. The number of fused-ring (bicyclic) bond motifs is 2. The van der Waals surface area contributed by atoms with Crippen LogP contribution in [0.2, 0.25) is 0 Å². The molecule has 5 rings (SSSR count). The highest BCUT2D eigenvalue weighted by Gasteiger charge is 2.28. The van der Waals surface area contributed by atoms with Crippen molar-refractivity contribution < 1.29 is 24.7 Å². The van der Waals surface area contributed by atoms with Crippen LogP contribution in [0.3, 0.4) is 0 Å². The van der Waals surface area contributed by atoms with Crippen LogP contribution in [0.4, 0.5) is 5.69 Å². The summed E-state index contributed by atoms with van der Waals surface area (Å²) in [5.41, 5.74) is -0.398. The fourth-order valence-electron chi connectivity index (χ4n) is 3.12. The number of rotatable bonds is 5. The van der Waals surface area contributed by atoms with E-state index in [1.807, 2.05) is 0 Å². The summed E-state index contributed by atoms with van der Waals surface area (Å²) in [6.45, 7) is 0. The van der Waals surface area contributed by atoms with Gasteiger partial charge < -0.3 is 19.8 Å². The SMILES string of the molecule is O=C([O-])c1cc2ncc(-c3n[nH]c(-c4cnc5cc(C(=O)[O-])nn5c4)c3[N+](=O)[O-])cn2n1. The van der Waals surface area contributed by atoms with Crippen LogP contribution in [0.5, 0.6) is 0 Å². The van der Waals surface area contributed by atoms with Gasteiger partial charge in [-0.3, -0.25) is 15.2 Å². The van der Waals surface area contributed by atoms with Crippen LogP contribution in [-0.2, 0) is 0 Å². The zero-order chi connectivity index (χ0) is 22.6. The summed E-state index contributed by atoms with van der Waals surface area (Å²) in [6.07, 6.45) is 5.26. The van der Waals surface area contributed by atoms with Gasteiger partial charge in [0, 0.05) is 48.0 Å². The molecule has 5 heterocycles. The Bertz CT molecular complexity index is 1470. The third-order valence-electron chi connectivity index (χ3n) is 4.53. The zero-order valence-corrected chi connectivity index (χ0v) is 15.5. The first-order chi connectivity index (χ1) is 15.3. The average Bonchev–Trinajstić information content (AvgIpc) is 3.47. The Kier molecular flexibility index (Phi) is 3.91. The monoisotopic (exact) mass is 433 g/mol. The molecule has 0 amide bonds. The fourth-order valence-corrected chi connectivity index (χ4v) is 3.12. The minimum Gasteiger partial charge on any atom is -0.543 e. The molecule has 15 nitrogen and oxygen atoms in total. The first-order valence-electron chi connectivity index (χ1n) is 8.69. The summed E-state index contributed by atoms with van der Waals surface area (Å²) in [5, 5.41) is 48.0. The van der Waals surface area contributed by atoms with E-state index in [0.29, 0.717) is 0 Å². The summed E-state index contributed by atoms with van der Waals surface area (Å²) in [7, 11) is 0. The number of H-pyrrole nitrogens is 1. The van der Waals surface area contributed by atoms with Crippen molar-refractivity contribution in [1.82, 2.24) is 39.4 Å². The Hall–Kier alpha value is -5.21.